The highest BCUT2D eigenvalue weighted by Crippen LogP contribution is 2.34. The molecule has 0 bridgehead atoms. The third-order valence-electron chi connectivity index (χ3n) is 6.95. The summed E-state index contributed by atoms with van der Waals surface area (Å²) in [7, 11) is 3.75. The van der Waals surface area contributed by atoms with Crippen molar-refractivity contribution in [3.63, 3.8) is 0 Å². The number of benzene rings is 2. The van der Waals surface area contributed by atoms with Crippen LogP contribution in [0.4, 0.5) is 5.69 Å². The minimum Gasteiger partial charge on any atom is -0.338 e. The molecule has 0 aliphatic carbocycles. The number of para-hydroxylation sites is 2. The number of amides is 2. The summed E-state index contributed by atoms with van der Waals surface area (Å²) in [5.74, 6) is -0.317. The Labute approximate surface area is 192 Å². The molecule has 7 nitrogen and oxygen atoms in total. The summed E-state index contributed by atoms with van der Waals surface area (Å²) in [4.78, 5) is 46.1. The Morgan fingerprint density at radius 3 is 2.39 bits per heavy atom. The van der Waals surface area contributed by atoms with Crippen molar-refractivity contribution in [2.45, 2.75) is 18.9 Å². The molecule has 2 aliphatic rings. The number of likely N-dealkylation sites (N-methyl/N-ethyl adjacent to an activating group) is 1. The van der Waals surface area contributed by atoms with Gasteiger partial charge in [-0.05, 0) is 37.6 Å². The molecule has 0 radical (unpaired) electrons. The Kier molecular flexibility index (Phi) is 5.50. The molecular formula is C26H28N4O3. The van der Waals surface area contributed by atoms with E-state index in [1.165, 1.54) is 6.07 Å². The predicted octanol–water partition coefficient (Wildman–Crippen LogP) is 2.27. The van der Waals surface area contributed by atoms with Gasteiger partial charge < -0.3 is 14.4 Å². The summed E-state index contributed by atoms with van der Waals surface area (Å²) in [6, 6.07) is 16.0. The van der Waals surface area contributed by atoms with Gasteiger partial charge in [0.15, 0.2) is 0 Å². The Morgan fingerprint density at radius 1 is 0.909 bits per heavy atom. The molecule has 5 rings (SSSR count). The maximum absolute atomic E-state index is 14.1. The van der Waals surface area contributed by atoms with Crippen LogP contribution in [0.25, 0.3) is 10.9 Å². The first-order valence-electron chi connectivity index (χ1n) is 11.4. The van der Waals surface area contributed by atoms with Crippen LogP contribution in [0.2, 0.25) is 0 Å². The molecule has 1 aromatic heterocycles. The van der Waals surface area contributed by atoms with Gasteiger partial charge in [0.25, 0.3) is 11.5 Å². The standard InChI is InChI=1S/C26H28N4O3/c1-27-13-15-29(16-14-27)26(33)23-12-11-18-7-3-5-9-21(18)30(23)25(32)20-17-24(31)28(2)22-10-6-4-8-19(20)22/h3-10,17,23H,11-16H2,1-2H3. The van der Waals surface area contributed by atoms with Crippen molar-refractivity contribution in [1.82, 2.24) is 14.4 Å². The van der Waals surface area contributed by atoms with Gasteiger partial charge in [0.2, 0.25) is 5.91 Å². The van der Waals surface area contributed by atoms with Crippen molar-refractivity contribution in [3.05, 3.63) is 76.1 Å². The molecule has 33 heavy (non-hydrogen) atoms. The van der Waals surface area contributed by atoms with E-state index in [1.54, 1.807) is 16.5 Å². The fraction of sp³-hybridized carbons (Fsp3) is 0.346. The zero-order valence-electron chi connectivity index (χ0n) is 19.0. The zero-order valence-corrected chi connectivity index (χ0v) is 19.0. The predicted molar refractivity (Wildman–Crippen MR) is 129 cm³/mol. The maximum Gasteiger partial charge on any atom is 0.259 e. The summed E-state index contributed by atoms with van der Waals surface area (Å²) in [6.45, 7) is 2.96. The molecule has 170 valence electrons. The molecule has 0 spiro atoms. The Balaban J connectivity index is 1.61. The molecule has 1 fully saturated rings. The van der Waals surface area contributed by atoms with Crippen LogP contribution in [0.3, 0.4) is 0 Å². The quantitative estimate of drug-likeness (QED) is 0.608. The van der Waals surface area contributed by atoms with E-state index in [-0.39, 0.29) is 17.4 Å². The number of carbonyl (C=O) groups is 2. The van der Waals surface area contributed by atoms with Gasteiger partial charge in [-0.1, -0.05) is 36.4 Å². The van der Waals surface area contributed by atoms with E-state index in [2.05, 4.69) is 11.9 Å². The van der Waals surface area contributed by atoms with Crippen molar-refractivity contribution in [3.8, 4) is 0 Å². The number of fused-ring (bicyclic) bond motifs is 2. The third kappa shape index (κ3) is 3.72. The van der Waals surface area contributed by atoms with Gasteiger partial charge in [-0.25, -0.2) is 0 Å². The fourth-order valence-corrected chi connectivity index (χ4v) is 4.99. The van der Waals surface area contributed by atoms with Crippen LogP contribution in [0.5, 0.6) is 0 Å². The highest BCUT2D eigenvalue weighted by molar-refractivity contribution is 6.16. The Bertz CT molecular complexity index is 1290. The van der Waals surface area contributed by atoms with Crippen LogP contribution in [-0.2, 0) is 18.3 Å². The van der Waals surface area contributed by atoms with Crippen molar-refractivity contribution in [1.29, 1.82) is 0 Å². The van der Waals surface area contributed by atoms with E-state index in [4.69, 9.17) is 0 Å². The minimum atomic E-state index is -0.585. The van der Waals surface area contributed by atoms with Crippen LogP contribution >= 0.6 is 0 Å². The average Bonchev–Trinajstić information content (AvgIpc) is 2.85. The molecule has 2 aromatic carbocycles. The van der Waals surface area contributed by atoms with E-state index in [0.29, 0.717) is 36.0 Å². The molecule has 0 saturated carbocycles. The lowest BCUT2D eigenvalue weighted by molar-refractivity contribution is -0.134. The van der Waals surface area contributed by atoms with Gasteiger partial charge >= 0.3 is 0 Å². The Morgan fingerprint density at radius 2 is 1.61 bits per heavy atom. The van der Waals surface area contributed by atoms with Crippen LogP contribution in [0.15, 0.2) is 59.4 Å². The van der Waals surface area contributed by atoms with Gasteiger partial charge in [-0.15, -0.1) is 0 Å². The minimum absolute atomic E-state index is 0.0147. The summed E-state index contributed by atoms with van der Waals surface area (Å²) in [6.07, 6.45) is 1.30. The lowest BCUT2D eigenvalue weighted by Crippen LogP contribution is -2.57. The van der Waals surface area contributed by atoms with E-state index < -0.39 is 6.04 Å². The number of aryl methyl sites for hydroxylation is 2. The van der Waals surface area contributed by atoms with E-state index in [9.17, 15) is 14.4 Å². The molecule has 2 amide bonds. The first-order valence-corrected chi connectivity index (χ1v) is 11.4. The number of hydrogen-bond donors (Lipinski definition) is 0. The van der Waals surface area contributed by atoms with Gasteiger partial charge in [-0.3, -0.25) is 19.3 Å². The summed E-state index contributed by atoms with van der Waals surface area (Å²) < 4.78 is 1.54. The molecule has 3 heterocycles. The lowest BCUT2D eigenvalue weighted by atomic mass is 9.93. The SMILES string of the molecule is CN1CCN(C(=O)C2CCc3ccccc3N2C(=O)c2cc(=O)n(C)c3ccccc23)CC1. The van der Waals surface area contributed by atoms with Crippen molar-refractivity contribution < 1.29 is 9.59 Å². The van der Waals surface area contributed by atoms with Gasteiger partial charge in [0, 0.05) is 50.4 Å². The van der Waals surface area contributed by atoms with Gasteiger partial charge in [0.1, 0.15) is 6.04 Å². The number of carbonyl (C=O) groups excluding carboxylic acids is 2. The summed E-state index contributed by atoms with van der Waals surface area (Å²) in [5.41, 5.74) is 2.58. The maximum atomic E-state index is 14.1. The van der Waals surface area contributed by atoms with Gasteiger partial charge in [0.05, 0.1) is 11.1 Å². The smallest absolute Gasteiger partial charge is 0.259 e. The highest BCUT2D eigenvalue weighted by atomic mass is 16.2. The average molecular weight is 445 g/mol. The van der Waals surface area contributed by atoms with Crippen LogP contribution in [-0.4, -0.2) is 65.4 Å². The van der Waals surface area contributed by atoms with Gasteiger partial charge in [-0.2, -0.15) is 0 Å². The number of pyridine rings is 1. The number of aromatic nitrogens is 1. The lowest BCUT2D eigenvalue weighted by Gasteiger charge is -2.41. The highest BCUT2D eigenvalue weighted by Gasteiger charge is 2.39. The fourth-order valence-electron chi connectivity index (χ4n) is 4.99. The van der Waals surface area contributed by atoms with E-state index in [1.807, 2.05) is 53.4 Å². The summed E-state index contributed by atoms with van der Waals surface area (Å²) >= 11 is 0. The van der Waals surface area contributed by atoms with Crippen molar-refractivity contribution in [2.75, 3.05) is 38.1 Å². The molecule has 2 aliphatic heterocycles. The number of rotatable bonds is 2. The van der Waals surface area contributed by atoms with E-state index >= 15 is 0 Å². The molecular weight excluding hydrogens is 416 g/mol. The monoisotopic (exact) mass is 444 g/mol. The van der Waals surface area contributed by atoms with Crippen LogP contribution in [0.1, 0.15) is 22.3 Å². The zero-order chi connectivity index (χ0) is 23.1. The van der Waals surface area contributed by atoms with Crippen molar-refractivity contribution in [2.24, 2.45) is 7.05 Å². The molecule has 7 heteroatoms. The van der Waals surface area contributed by atoms with E-state index in [0.717, 1.165) is 30.8 Å². The molecule has 0 N–H and O–H groups in total. The van der Waals surface area contributed by atoms with Crippen molar-refractivity contribution >= 4 is 28.4 Å². The number of anilines is 1. The molecule has 1 atom stereocenters. The molecule has 1 saturated heterocycles. The first-order chi connectivity index (χ1) is 16.0. The topological polar surface area (TPSA) is 65.9 Å². The third-order valence-corrected chi connectivity index (χ3v) is 6.95. The van der Waals surface area contributed by atoms with Crippen LogP contribution < -0.4 is 10.5 Å². The first kappa shape index (κ1) is 21.4. The number of piperazine rings is 1. The molecule has 3 aromatic rings. The van der Waals surface area contributed by atoms with Crippen LogP contribution in [0, 0.1) is 0 Å². The number of hydrogen-bond acceptors (Lipinski definition) is 4. The largest absolute Gasteiger partial charge is 0.338 e. The second-order valence-corrected chi connectivity index (χ2v) is 8.96. The normalized spacial score (nSPS) is 18.9. The Hall–Kier alpha value is -3.45. The summed E-state index contributed by atoms with van der Waals surface area (Å²) in [5, 5.41) is 0.707. The second kappa shape index (κ2) is 8.48. The second-order valence-electron chi connectivity index (χ2n) is 8.96. The number of nitrogens with zero attached hydrogens (tertiary/aromatic N) is 4. The molecule has 1 unspecified atom stereocenters.